The lowest BCUT2D eigenvalue weighted by Crippen LogP contribution is -2.51. The molecule has 3 rings (SSSR count). The number of likely N-dealkylation sites (N-methyl/N-ethyl adjacent to an activating group) is 1. The molecule has 0 aliphatic rings. The third-order valence-corrected chi connectivity index (χ3v) is 16.7. The van der Waals surface area contributed by atoms with Crippen LogP contribution in [0.1, 0.15) is 16.7 Å². The van der Waals surface area contributed by atoms with Gasteiger partial charge in [-0.05, 0) is 192 Å². The monoisotopic (exact) mass is 1100 g/mol. The van der Waals surface area contributed by atoms with E-state index in [1.165, 1.54) is 14.3 Å². The van der Waals surface area contributed by atoms with Gasteiger partial charge >= 0.3 is 5.51 Å². The lowest BCUT2D eigenvalue weighted by molar-refractivity contribution is -0.909. The Balaban J connectivity index is 0.00000145. The smallest absolute Gasteiger partial charge is 0.485 e. The van der Waals surface area contributed by atoms with Crippen molar-refractivity contribution in [2.45, 2.75) is 5.51 Å². The van der Waals surface area contributed by atoms with Gasteiger partial charge in [0.1, 0.15) is 56.7 Å². The van der Waals surface area contributed by atoms with Crippen molar-refractivity contribution in [2.24, 2.45) is 15.3 Å². The molecule has 0 radical (unpaired) electrons. The van der Waals surface area contributed by atoms with Crippen molar-refractivity contribution >= 4 is 146 Å². The minimum Gasteiger partial charge on any atom is -0.741 e. The Morgan fingerprint density at radius 1 is 0.607 bits per heavy atom. The molecule has 0 heterocycles. The van der Waals surface area contributed by atoms with E-state index in [2.05, 4.69) is 22.4 Å². The normalized spacial score (nSPS) is 13.0. The summed E-state index contributed by atoms with van der Waals surface area (Å²) in [6, 6.07) is 22.7. The highest BCUT2D eigenvalue weighted by Crippen LogP contribution is 2.60. The highest BCUT2D eigenvalue weighted by atomic mass is 35.9. The van der Waals surface area contributed by atoms with Crippen LogP contribution in [0.25, 0.3) is 0 Å². The molecule has 0 spiro atoms. The fourth-order valence-electron chi connectivity index (χ4n) is 4.07. The van der Waals surface area contributed by atoms with E-state index in [0.29, 0.717) is 43.9 Å². The molecule has 13 nitrogen and oxygen atoms in total. The number of benzene rings is 3. The van der Waals surface area contributed by atoms with Crippen LogP contribution in [0.2, 0.25) is 0 Å². The third-order valence-electron chi connectivity index (χ3n) is 7.76. The van der Waals surface area contributed by atoms with Crippen LogP contribution in [0.5, 0.6) is 17.2 Å². The van der Waals surface area contributed by atoms with Crippen LogP contribution in [0.15, 0.2) is 88.1 Å². The zero-order chi connectivity index (χ0) is 46.3. The van der Waals surface area contributed by atoms with Crippen LogP contribution >= 0.6 is 82.1 Å². The maximum atomic E-state index is 10.7. The second-order valence-corrected chi connectivity index (χ2v) is 36.9. The van der Waals surface area contributed by atoms with Crippen LogP contribution < -0.4 is 14.2 Å². The van der Waals surface area contributed by atoms with E-state index >= 15 is 0 Å². The lowest BCUT2D eigenvalue weighted by atomic mass is 10.2. The third kappa shape index (κ3) is 22.5. The van der Waals surface area contributed by atoms with Crippen LogP contribution in [-0.2, 0) is 45.5 Å². The van der Waals surface area contributed by atoms with Gasteiger partial charge in [-0.1, -0.05) is 0 Å². The number of rotatable bonds is 21. The fourth-order valence-corrected chi connectivity index (χ4v) is 5.67. The first-order chi connectivity index (χ1) is 28.0. The van der Waals surface area contributed by atoms with Crippen molar-refractivity contribution in [3.63, 3.8) is 0 Å². The predicted octanol–water partition coefficient (Wildman–Crippen LogP) is 10.6. The topological polar surface area (TPSA) is 132 Å². The Morgan fingerprint density at radius 2 is 0.820 bits per heavy atom. The number of hydrogen-bond donors (Lipinski definition) is 0. The van der Waals surface area contributed by atoms with Gasteiger partial charge in [0.2, 0.25) is 14.7 Å². The van der Waals surface area contributed by atoms with Gasteiger partial charge in [-0.25, -0.2) is 22.8 Å². The Morgan fingerprint density at radius 3 is 1.00 bits per heavy atom. The number of nitrogens with zero attached hydrogens (tertiary/aromatic N) is 7. The molecule has 0 saturated heterocycles. The number of hydrazone groups is 3. The van der Waals surface area contributed by atoms with Gasteiger partial charge < -0.3 is 23.2 Å². The maximum absolute atomic E-state index is 10.7. The summed E-state index contributed by atoms with van der Waals surface area (Å²) in [4.78, 5) is -8.02. The van der Waals surface area contributed by atoms with Gasteiger partial charge in [0.25, 0.3) is 0 Å². The maximum Gasteiger partial charge on any atom is 0.485 e. The van der Waals surface area contributed by atoms with Crippen molar-refractivity contribution in [3.05, 3.63) is 89.5 Å². The summed E-state index contributed by atoms with van der Waals surface area (Å²) >= 11 is 51.2. The van der Waals surface area contributed by atoms with Crippen LogP contribution in [0, 0.1) is 0 Å². The van der Waals surface area contributed by atoms with E-state index in [1.54, 1.807) is 39.8 Å². The van der Waals surface area contributed by atoms with Crippen LogP contribution in [0.3, 0.4) is 0 Å². The molecule has 0 aliphatic heterocycles. The average molecular weight is 1110 g/mol. The van der Waals surface area contributed by atoms with Gasteiger partial charge in [0.05, 0.1) is 25.7 Å². The van der Waals surface area contributed by atoms with Crippen molar-refractivity contribution in [3.8, 4) is 17.2 Å². The molecular formula is C32H39Cl6F3N7O6P3S4. The van der Waals surface area contributed by atoms with Gasteiger partial charge in [-0.2, -0.15) is 28.5 Å². The van der Waals surface area contributed by atoms with E-state index in [4.69, 9.17) is 130 Å². The molecule has 61 heavy (non-hydrogen) atoms. The SMILES string of the molecule is CN(/N=C/c1ccc(OCC[N+](C)(CCOc2ccc(/C=N/N(C)P(=S)(Cl)Cl)cc2)CCOc2ccc(/C=N/N(C)P(=S)(Cl)Cl)cc2)cc1)P(=S)(Cl)Cl.O=S(=O)([O-])C(F)(F)F. The Hall–Kier alpha value is -1.18. The van der Waals surface area contributed by atoms with Crippen molar-refractivity contribution < 1.29 is 44.8 Å². The molecule has 29 heteroatoms. The molecule has 0 fully saturated rings. The van der Waals surface area contributed by atoms with Crippen molar-refractivity contribution in [1.29, 1.82) is 0 Å². The summed E-state index contributed by atoms with van der Waals surface area (Å²) in [6.45, 7) is 3.50. The van der Waals surface area contributed by atoms with E-state index in [9.17, 15) is 13.2 Å². The molecular weight excluding hydrogens is 1070 g/mol. The van der Waals surface area contributed by atoms with Gasteiger partial charge in [-0.15, -0.1) is 0 Å². The van der Waals surface area contributed by atoms with E-state index in [1.807, 2.05) is 72.8 Å². The summed E-state index contributed by atoms with van der Waals surface area (Å²) in [5, 5.41) is 12.7. The number of alkyl halides is 3. The number of quaternary nitrogens is 1. The second-order valence-electron chi connectivity index (χ2n) is 12.4. The van der Waals surface area contributed by atoms with E-state index in [-0.39, 0.29) is 0 Å². The quantitative estimate of drug-likeness (QED) is 0.0251. The molecule has 3 aromatic rings. The molecule has 0 aromatic heterocycles. The van der Waals surface area contributed by atoms with Crippen molar-refractivity contribution in [1.82, 2.24) is 14.3 Å². The van der Waals surface area contributed by atoms with E-state index < -0.39 is 30.3 Å². The van der Waals surface area contributed by atoms with Gasteiger partial charge in [-0.3, -0.25) is 0 Å². The first-order valence-corrected chi connectivity index (χ1v) is 32.0. The van der Waals surface area contributed by atoms with E-state index in [0.717, 1.165) is 33.9 Å². The minimum atomic E-state index is -6.09. The minimum absolute atomic E-state index is 0.468. The fraction of sp³-hybridized carbons (Fsp3) is 0.344. The highest BCUT2D eigenvalue weighted by Gasteiger charge is 2.37. The summed E-state index contributed by atoms with van der Waals surface area (Å²) in [5.74, 6) is 2.19. The Labute approximate surface area is 397 Å². The largest absolute Gasteiger partial charge is 0.741 e. The summed E-state index contributed by atoms with van der Waals surface area (Å²) < 4.78 is 82.1. The molecule has 0 amide bonds. The lowest BCUT2D eigenvalue weighted by Gasteiger charge is -2.34. The molecule has 0 aliphatic carbocycles. The second kappa shape index (κ2) is 24.9. The summed E-state index contributed by atoms with van der Waals surface area (Å²) in [5.41, 5.74) is -3.09. The molecule has 0 atom stereocenters. The molecule has 3 aromatic carbocycles. The molecule has 0 bridgehead atoms. The Kier molecular flexibility index (Phi) is 22.9. The molecule has 0 saturated carbocycles. The zero-order valence-corrected chi connectivity index (χ0v) is 42.8. The van der Waals surface area contributed by atoms with Crippen LogP contribution in [0.4, 0.5) is 13.2 Å². The first-order valence-electron chi connectivity index (χ1n) is 16.9. The molecule has 340 valence electrons. The van der Waals surface area contributed by atoms with Gasteiger partial charge in [0.15, 0.2) is 10.1 Å². The number of ether oxygens (including phenoxy) is 3. The molecule has 0 unspecified atom stereocenters. The average Bonchev–Trinajstić information content (AvgIpc) is 3.15. The van der Waals surface area contributed by atoms with Crippen LogP contribution in [-0.4, -0.2) is 124 Å². The number of hydrogen-bond acceptors (Lipinski definition) is 12. The number of halogens is 9. The van der Waals surface area contributed by atoms with Gasteiger partial charge in [0, 0.05) is 21.1 Å². The zero-order valence-electron chi connectivity index (χ0n) is 32.4. The Bertz CT molecular complexity index is 2000. The van der Waals surface area contributed by atoms with Crippen molar-refractivity contribution in [2.75, 3.05) is 67.6 Å². The first kappa shape index (κ1) is 56.0. The predicted molar refractivity (Wildman–Crippen MR) is 256 cm³/mol. The summed E-state index contributed by atoms with van der Waals surface area (Å²) in [6.07, 6.45) is 4.94. The summed E-state index contributed by atoms with van der Waals surface area (Å²) in [7, 11) is 1.01. The molecule has 0 N–H and O–H groups in total. The standard InChI is InChI=1S/C31H39Cl6N7O3P3S3.CHF3O3S/c1-41(48(32,33)51)38-23-26-5-11-29(12-6-26)45-20-17-44(4,18-21-46-30-13-7-27(8-14-30)24-39-42(2)49(34,35)52)19-22-47-31-15-9-28(10-16-31)25-40-43(3)50(36,37)53;2-1(3,4)8(5,6)7/h5-16,23-25H,17-22H2,1-4H3;(H,5,6,7)/q+1;/p-1/b38-23+,39-24+,40-25+;. The highest BCUT2D eigenvalue weighted by molar-refractivity contribution is 8.38.